The van der Waals surface area contributed by atoms with Gasteiger partial charge in [-0.05, 0) is 0 Å². The molecule has 0 saturated carbocycles. The quantitative estimate of drug-likeness (QED) is 0.380. The second-order valence-corrected chi connectivity index (χ2v) is 2.01. The van der Waals surface area contributed by atoms with Gasteiger partial charge in [0.15, 0.2) is 0 Å². The number of cyclic esters (lactones) is 1. The van der Waals surface area contributed by atoms with Crippen molar-refractivity contribution < 1.29 is 23.9 Å². The summed E-state index contributed by atoms with van der Waals surface area (Å²) < 4.78 is 8.36. The lowest BCUT2D eigenvalue weighted by Crippen LogP contribution is -2.30. The van der Waals surface area contributed by atoms with Crippen molar-refractivity contribution in [2.24, 2.45) is 5.73 Å². The van der Waals surface area contributed by atoms with Crippen molar-refractivity contribution in [3.8, 4) is 0 Å². The van der Waals surface area contributed by atoms with Crippen molar-refractivity contribution in [1.29, 1.82) is 0 Å². The molecule has 0 aliphatic carbocycles. The highest BCUT2D eigenvalue weighted by Gasteiger charge is 2.31. The topological polar surface area (TPSA) is 108 Å². The van der Waals surface area contributed by atoms with E-state index in [1.165, 1.54) is 0 Å². The van der Waals surface area contributed by atoms with Crippen LogP contribution in [0.2, 0.25) is 0 Å². The molecule has 1 unspecified atom stereocenters. The summed E-state index contributed by atoms with van der Waals surface area (Å²) in [4.78, 5) is 31.2. The minimum absolute atomic E-state index is 0.00898. The summed E-state index contributed by atoms with van der Waals surface area (Å²) in [6.45, 7) is -0.00898. The molecular formula is C5H6N2O5. The van der Waals surface area contributed by atoms with Crippen LogP contribution in [0, 0.1) is 0 Å². The molecular weight excluding hydrogens is 168 g/mol. The fraction of sp³-hybridized carbons (Fsp3) is 0.400. The summed E-state index contributed by atoms with van der Waals surface area (Å²) >= 11 is 0. The maximum atomic E-state index is 10.8. The number of hydrogen-bond acceptors (Lipinski definition) is 5. The molecule has 66 valence electrons. The van der Waals surface area contributed by atoms with Gasteiger partial charge in [-0.2, -0.15) is 0 Å². The molecule has 3 N–H and O–H groups in total. The number of alkyl carbamates (subject to hydrolysis) is 1. The molecule has 0 bridgehead atoms. The van der Waals surface area contributed by atoms with E-state index in [-0.39, 0.29) is 6.54 Å². The molecule has 1 atom stereocenters. The van der Waals surface area contributed by atoms with Gasteiger partial charge in [-0.3, -0.25) is 0 Å². The van der Waals surface area contributed by atoms with E-state index >= 15 is 0 Å². The second-order valence-electron chi connectivity index (χ2n) is 2.01. The summed E-state index contributed by atoms with van der Waals surface area (Å²) in [6, 6.07) is 0. The highest BCUT2D eigenvalue weighted by molar-refractivity contribution is 5.89. The Morgan fingerprint density at radius 3 is 2.75 bits per heavy atom. The number of nitrogens with one attached hydrogen (secondary N) is 1. The van der Waals surface area contributed by atoms with E-state index in [0.29, 0.717) is 0 Å². The first kappa shape index (κ1) is 8.31. The molecule has 0 aromatic carbocycles. The van der Waals surface area contributed by atoms with E-state index in [1.807, 2.05) is 0 Å². The van der Waals surface area contributed by atoms with Crippen LogP contribution in [0.5, 0.6) is 0 Å². The Morgan fingerprint density at radius 2 is 2.33 bits per heavy atom. The molecule has 7 heteroatoms. The molecule has 1 aliphatic heterocycles. The minimum Gasteiger partial charge on any atom is -0.432 e. The van der Waals surface area contributed by atoms with E-state index in [2.05, 4.69) is 20.5 Å². The zero-order chi connectivity index (χ0) is 9.14. The minimum atomic E-state index is -1.22. The molecule has 12 heavy (non-hydrogen) atoms. The maximum Gasteiger partial charge on any atom is 0.412 e. The molecule has 1 aliphatic rings. The van der Waals surface area contributed by atoms with Crippen LogP contribution in [0.4, 0.5) is 9.59 Å². The maximum absolute atomic E-state index is 10.8. The molecule has 1 heterocycles. The van der Waals surface area contributed by atoms with E-state index < -0.39 is 24.3 Å². The van der Waals surface area contributed by atoms with Crippen molar-refractivity contribution in [1.82, 2.24) is 5.32 Å². The average molecular weight is 174 g/mol. The van der Waals surface area contributed by atoms with Crippen LogP contribution in [0.3, 0.4) is 0 Å². The number of ether oxygens (including phenoxy) is 2. The van der Waals surface area contributed by atoms with E-state index in [4.69, 9.17) is 0 Å². The number of carbonyl (C=O) groups excluding carboxylic acids is 3. The number of nitrogens with two attached hydrogens (primary N) is 1. The van der Waals surface area contributed by atoms with Gasteiger partial charge in [0.2, 0.25) is 6.10 Å². The summed E-state index contributed by atoms with van der Waals surface area (Å²) in [5.74, 6) is -0.971. The highest BCUT2D eigenvalue weighted by atomic mass is 16.6. The Bertz CT molecular complexity index is 238. The van der Waals surface area contributed by atoms with Crippen LogP contribution in [0.1, 0.15) is 0 Å². The van der Waals surface area contributed by atoms with Crippen molar-refractivity contribution in [3.05, 3.63) is 0 Å². The summed E-state index contributed by atoms with van der Waals surface area (Å²) in [6.07, 6.45) is -3.02. The number of primary amides is 1. The van der Waals surface area contributed by atoms with Gasteiger partial charge in [-0.25, -0.2) is 14.4 Å². The van der Waals surface area contributed by atoms with Crippen molar-refractivity contribution >= 4 is 18.2 Å². The van der Waals surface area contributed by atoms with Gasteiger partial charge in [0.05, 0.1) is 6.54 Å². The molecule has 0 radical (unpaired) electrons. The molecule has 0 aromatic rings. The number of hydrogen-bond donors (Lipinski definition) is 2. The Hall–Kier alpha value is -1.79. The monoisotopic (exact) mass is 174 g/mol. The zero-order valence-electron chi connectivity index (χ0n) is 5.90. The number of esters is 1. The predicted molar refractivity (Wildman–Crippen MR) is 33.9 cm³/mol. The van der Waals surface area contributed by atoms with Crippen LogP contribution in [-0.2, 0) is 14.3 Å². The Balaban J connectivity index is 2.43. The first-order chi connectivity index (χ1) is 5.59. The largest absolute Gasteiger partial charge is 0.432 e. The van der Waals surface area contributed by atoms with Gasteiger partial charge < -0.3 is 20.5 Å². The lowest BCUT2D eigenvalue weighted by molar-refractivity contribution is -0.144. The molecule has 7 nitrogen and oxygen atoms in total. The SMILES string of the molecule is NC(=O)OC(=O)C1CNC(=O)O1. The summed E-state index contributed by atoms with van der Waals surface area (Å²) in [7, 11) is 0. The molecule has 1 fully saturated rings. The first-order valence-electron chi connectivity index (χ1n) is 3.05. The van der Waals surface area contributed by atoms with E-state index in [1.54, 1.807) is 0 Å². The highest BCUT2D eigenvalue weighted by Crippen LogP contribution is 2.01. The van der Waals surface area contributed by atoms with Crippen LogP contribution in [-0.4, -0.2) is 30.8 Å². The summed E-state index contributed by atoms with van der Waals surface area (Å²) in [5, 5.41) is 2.21. The van der Waals surface area contributed by atoms with Crippen LogP contribution in [0.15, 0.2) is 0 Å². The van der Waals surface area contributed by atoms with Crippen molar-refractivity contribution in [3.63, 3.8) is 0 Å². The van der Waals surface area contributed by atoms with Gasteiger partial charge >= 0.3 is 18.2 Å². The van der Waals surface area contributed by atoms with Gasteiger partial charge in [0.25, 0.3) is 0 Å². The first-order valence-corrected chi connectivity index (χ1v) is 3.05. The molecule has 1 saturated heterocycles. The van der Waals surface area contributed by atoms with Gasteiger partial charge in [-0.1, -0.05) is 0 Å². The third kappa shape index (κ3) is 1.84. The lowest BCUT2D eigenvalue weighted by Gasteiger charge is -2.03. The predicted octanol–water partition coefficient (Wildman–Crippen LogP) is -1.28. The summed E-state index contributed by atoms with van der Waals surface area (Å²) in [5.41, 5.74) is 4.55. The van der Waals surface area contributed by atoms with Crippen molar-refractivity contribution in [2.75, 3.05) is 6.54 Å². The molecule has 1 rings (SSSR count). The Morgan fingerprint density at radius 1 is 1.67 bits per heavy atom. The normalized spacial score (nSPS) is 21.0. The zero-order valence-corrected chi connectivity index (χ0v) is 5.90. The van der Waals surface area contributed by atoms with Crippen LogP contribution in [0.25, 0.3) is 0 Å². The smallest absolute Gasteiger partial charge is 0.412 e. The second kappa shape index (κ2) is 3.07. The standard InChI is InChI=1S/C5H6N2O5/c6-4(9)12-3(8)2-1-7-5(10)11-2/h2H,1H2,(H2,6,9)(H,7,10). The molecule has 0 aromatic heterocycles. The lowest BCUT2D eigenvalue weighted by atomic mass is 10.4. The van der Waals surface area contributed by atoms with Gasteiger partial charge in [0, 0.05) is 0 Å². The average Bonchev–Trinajstić information content (AvgIpc) is 2.34. The molecule has 0 spiro atoms. The molecule has 2 amide bonds. The van der Waals surface area contributed by atoms with Gasteiger partial charge in [-0.15, -0.1) is 0 Å². The number of amides is 2. The number of rotatable bonds is 1. The van der Waals surface area contributed by atoms with E-state index in [9.17, 15) is 14.4 Å². The fourth-order valence-corrected chi connectivity index (χ4v) is 0.685. The van der Waals surface area contributed by atoms with E-state index in [0.717, 1.165) is 0 Å². The van der Waals surface area contributed by atoms with Gasteiger partial charge in [0.1, 0.15) is 0 Å². The fourth-order valence-electron chi connectivity index (χ4n) is 0.685. The van der Waals surface area contributed by atoms with Crippen LogP contribution < -0.4 is 11.1 Å². The van der Waals surface area contributed by atoms with Crippen molar-refractivity contribution in [2.45, 2.75) is 6.10 Å². The Kier molecular flexibility index (Phi) is 2.13. The third-order valence-corrected chi connectivity index (χ3v) is 1.15. The number of carbonyl (C=O) groups is 3. The Labute approximate surface area is 66.8 Å². The third-order valence-electron chi connectivity index (χ3n) is 1.15. The van der Waals surface area contributed by atoms with Crippen LogP contribution >= 0.6 is 0 Å².